The van der Waals surface area contributed by atoms with Gasteiger partial charge in [0.15, 0.2) is 0 Å². The van der Waals surface area contributed by atoms with Gasteiger partial charge in [-0.05, 0) is 31.0 Å². The number of rotatable bonds is 9. The molecule has 1 rings (SSSR count). The van der Waals surface area contributed by atoms with Crippen LogP contribution in [0.15, 0.2) is 17.5 Å². The topological polar surface area (TPSA) is 67.5 Å². The maximum Gasteiger partial charge on any atom is 0.0897 e. The average molecular weight is 244 g/mol. The summed E-state index contributed by atoms with van der Waals surface area (Å²) in [6, 6.07) is 4.02. The summed E-state index contributed by atoms with van der Waals surface area (Å²) < 4.78 is 5.39. The predicted molar refractivity (Wildman–Crippen MR) is 66.5 cm³/mol. The van der Waals surface area contributed by atoms with Gasteiger partial charge in [-0.3, -0.25) is 0 Å². The van der Waals surface area contributed by atoms with Gasteiger partial charge in [-0.15, -0.1) is 11.3 Å². The summed E-state index contributed by atoms with van der Waals surface area (Å²) in [7, 11) is 0. The highest BCUT2D eigenvalue weighted by molar-refractivity contribution is 7.09. The summed E-state index contributed by atoms with van der Waals surface area (Å²) >= 11 is 1.66. The van der Waals surface area contributed by atoms with Crippen molar-refractivity contribution in [1.82, 2.24) is 5.32 Å². The number of nitrogens with one attached hydrogen (secondary N) is 1. The highest BCUT2D eigenvalue weighted by Gasteiger charge is 2.03. The van der Waals surface area contributed by atoms with E-state index in [0.29, 0.717) is 26.3 Å². The van der Waals surface area contributed by atoms with Crippen LogP contribution in [0.4, 0.5) is 0 Å². The molecule has 0 radical (unpaired) electrons. The molecule has 1 aromatic heterocycles. The zero-order chi connectivity index (χ0) is 11.6. The third-order valence-electron chi connectivity index (χ3n) is 2.07. The number of aliphatic hydroxyl groups excluding tert-OH is 1. The minimum absolute atomic E-state index is 0.369. The van der Waals surface area contributed by atoms with Gasteiger partial charge in [-0.1, -0.05) is 6.07 Å². The molecule has 0 aromatic carbocycles. The highest BCUT2D eigenvalue weighted by Crippen LogP contribution is 2.09. The lowest BCUT2D eigenvalue weighted by molar-refractivity contribution is 0.0299. The Balaban J connectivity index is 1.95. The van der Waals surface area contributed by atoms with E-state index in [2.05, 4.69) is 5.32 Å². The summed E-state index contributed by atoms with van der Waals surface area (Å²) in [4.78, 5) is 1.18. The third-order valence-corrected chi connectivity index (χ3v) is 2.92. The molecule has 0 saturated carbocycles. The van der Waals surface area contributed by atoms with E-state index >= 15 is 0 Å². The Morgan fingerprint density at radius 3 is 3.12 bits per heavy atom. The SMILES string of the molecule is NCCCNCC(O)COCc1cccs1. The van der Waals surface area contributed by atoms with Crippen LogP contribution < -0.4 is 11.1 Å². The fraction of sp³-hybridized carbons (Fsp3) is 0.636. The molecule has 0 amide bonds. The van der Waals surface area contributed by atoms with E-state index in [1.807, 2.05) is 17.5 Å². The van der Waals surface area contributed by atoms with Crippen LogP contribution in [-0.2, 0) is 11.3 Å². The van der Waals surface area contributed by atoms with Crippen molar-refractivity contribution in [3.05, 3.63) is 22.4 Å². The van der Waals surface area contributed by atoms with Gasteiger partial charge < -0.3 is 20.9 Å². The number of aliphatic hydroxyl groups is 1. The average Bonchev–Trinajstić information content (AvgIpc) is 2.77. The van der Waals surface area contributed by atoms with Gasteiger partial charge in [-0.2, -0.15) is 0 Å². The van der Waals surface area contributed by atoms with Crippen molar-refractivity contribution < 1.29 is 9.84 Å². The molecular weight excluding hydrogens is 224 g/mol. The van der Waals surface area contributed by atoms with Crippen molar-refractivity contribution in [2.75, 3.05) is 26.2 Å². The summed E-state index contributed by atoms with van der Waals surface area (Å²) in [6.07, 6.45) is 0.487. The lowest BCUT2D eigenvalue weighted by atomic mass is 10.3. The van der Waals surface area contributed by atoms with Crippen molar-refractivity contribution in [2.24, 2.45) is 5.73 Å². The second-order valence-electron chi connectivity index (χ2n) is 3.59. The van der Waals surface area contributed by atoms with Crippen LogP contribution in [-0.4, -0.2) is 37.5 Å². The molecule has 92 valence electrons. The molecule has 1 aromatic rings. The molecule has 0 fully saturated rings. The van der Waals surface area contributed by atoms with Gasteiger partial charge in [0.05, 0.1) is 19.3 Å². The lowest BCUT2D eigenvalue weighted by Crippen LogP contribution is -2.31. The van der Waals surface area contributed by atoms with Crippen LogP contribution >= 0.6 is 11.3 Å². The minimum atomic E-state index is -0.447. The molecule has 5 heteroatoms. The summed E-state index contributed by atoms with van der Waals surface area (Å²) in [6.45, 7) is 3.03. The summed E-state index contributed by atoms with van der Waals surface area (Å²) in [5, 5.41) is 14.7. The molecule has 0 aliphatic heterocycles. The Kier molecular flexibility index (Phi) is 7.37. The Labute approximate surface area is 100 Å². The quantitative estimate of drug-likeness (QED) is 0.555. The summed E-state index contributed by atoms with van der Waals surface area (Å²) in [5.41, 5.74) is 5.35. The molecule has 1 heterocycles. The van der Waals surface area contributed by atoms with Crippen LogP contribution in [0, 0.1) is 0 Å². The molecule has 4 N–H and O–H groups in total. The number of ether oxygens (including phenoxy) is 1. The Hall–Kier alpha value is -0.460. The zero-order valence-electron chi connectivity index (χ0n) is 9.39. The van der Waals surface area contributed by atoms with Crippen molar-refractivity contribution in [3.63, 3.8) is 0 Å². The van der Waals surface area contributed by atoms with Gasteiger partial charge >= 0.3 is 0 Å². The first-order valence-corrected chi connectivity index (χ1v) is 6.40. The fourth-order valence-corrected chi connectivity index (χ4v) is 1.89. The van der Waals surface area contributed by atoms with Crippen molar-refractivity contribution in [3.8, 4) is 0 Å². The molecule has 0 saturated heterocycles. The van der Waals surface area contributed by atoms with Gasteiger partial charge in [0.2, 0.25) is 0 Å². The van der Waals surface area contributed by atoms with E-state index in [4.69, 9.17) is 10.5 Å². The molecule has 1 atom stereocenters. The van der Waals surface area contributed by atoms with Crippen molar-refractivity contribution in [2.45, 2.75) is 19.1 Å². The van der Waals surface area contributed by atoms with E-state index in [9.17, 15) is 5.11 Å². The van der Waals surface area contributed by atoms with Crippen LogP contribution in [0.3, 0.4) is 0 Å². The van der Waals surface area contributed by atoms with Crippen molar-refractivity contribution >= 4 is 11.3 Å². The first-order valence-electron chi connectivity index (χ1n) is 5.52. The second kappa shape index (κ2) is 8.66. The van der Waals surface area contributed by atoms with Gasteiger partial charge in [0, 0.05) is 11.4 Å². The molecular formula is C11H20N2O2S. The number of hydrogen-bond acceptors (Lipinski definition) is 5. The molecule has 4 nitrogen and oxygen atoms in total. The van der Waals surface area contributed by atoms with E-state index in [-0.39, 0.29) is 0 Å². The Morgan fingerprint density at radius 2 is 2.44 bits per heavy atom. The van der Waals surface area contributed by atoms with Gasteiger partial charge in [0.25, 0.3) is 0 Å². The van der Waals surface area contributed by atoms with E-state index in [0.717, 1.165) is 13.0 Å². The lowest BCUT2D eigenvalue weighted by Gasteiger charge is -2.11. The van der Waals surface area contributed by atoms with Crippen LogP contribution in [0.1, 0.15) is 11.3 Å². The smallest absolute Gasteiger partial charge is 0.0897 e. The van der Waals surface area contributed by atoms with Gasteiger partial charge in [-0.25, -0.2) is 0 Å². The van der Waals surface area contributed by atoms with Crippen LogP contribution in [0.25, 0.3) is 0 Å². The molecule has 0 bridgehead atoms. The monoisotopic (exact) mass is 244 g/mol. The maximum absolute atomic E-state index is 9.56. The van der Waals surface area contributed by atoms with E-state index in [1.165, 1.54) is 4.88 Å². The standard InChI is InChI=1S/C11H20N2O2S/c12-4-2-5-13-7-10(14)8-15-9-11-3-1-6-16-11/h1,3,6,10,13-14H,2,4-5,7-9,12H2. The first kappa shape index (κ1) is 13.6. The first-order chi connectivity index (χ1) is 7.83. The Bertz CT molecular complexity index is 254. The minimum Gasteiger partial charge on any atom is -0.389 e. The highest BCUT2D eigenvalue weighted by atomic mass is 32.1. The molecule has 0 aliphatic rings. The largest absolute Gasteiger partial charge is 0.389 e. The predicted octanol–water partition coefficient (Wildman–Crippen LogP) is 0.564. The Morgan fingerprint density at radius 1 is 1.56 bits per heavy atom. The molecule has 16 heavy (non-hydrogen) atoms. The van der Waals surface area contributed by atoms with Crippen LogP contribution in [0.2, 0.25) is 0 Å². The van der Waals surface area contributed by atoms with Gasteiger partial charge in [0.1, 0.15) is 0 Å². The normalized spacial score (nSPS) is 12.9. The molecule has 0 spiro atoms. The third kappa shape index (κ3) is 6.19. The summed E-state index contributed by atoms with van der Waals surface area (Å²) in [5.74, 6) is 0. The number of nitrogens with two attached hydrogens (primary N) is 1. The number of hydrogen-bond donors (Lipinski definition) is 3. The zero-order valence-corrected chi connectivity index (χ0v) is 10.2. The maximum atomic E-state index is 9.56. The van der Waals surface area contributed by atoms with E-state index in [1.54, 1.807) is 11.3 Å². The van der Waals surface area contributed by atoms with Crippen molar-refractivity contribution in [1.29, 1.82) is 0 Å². The molecule has 0 aliphatic carbocycles. The van der Waals surface area contributed by atoms with Crippen LogP contribution in [0.5, 0.6) is 0 Å². The fourth-order valence-electron chi connectivity index (χ4n) is 1.24. The second-order valence-corrected chi connectivity index (χ2v) is 4.63. The number of thiophene rings is 1. The van der Waals surface area contributed by atoms with E-state index < -0.39 is 6.10 Å². The molecule has 1 unspecified atom stereocenters.